The summed E-state index contributed by atoms with van der Waals surface area (Å²) in [4.78, 5) is 24.3. The van der Waals surface area contributed by atoms with E-state index >= 15 is 0 Å². The van der Waals surface area contributed by atoms with E-state index in [1.54, 1.807) is 24.3 Å². The van der Waals surface area contributed by atoms with Crippen LogP contribution in [-0.4, -0.2) is 16.9 Å². The van der Waals surface area contributed by atoms with Gasteiger partial charge in [-0.05, 0) is 42.4 Å². The lowest BCUT2D eigenvalue weighted by Gasteiger charge is -2.11. The molecule has 2 rings (SSSR count). The van der Waals surface area contributed by atoms with E-state index in [0.717, 1.165) is 31.2 Å². The number of carbonyl (C=O) groups excluding carboxylic acids is 2. The Labute approximate surface area is 171 Å². The van der Waals surface area contributed by atoms with Gasteiger partial charge in [0, 0.05) is 24.2 Å². The van der Waals surface area contributed by atoms with Gasteiger partial charge in [-0.3, -0.25) is 9.59 Å². The van der Waals surface area contributed by atoms with E-state index in [1.807, 2.05) is 30.3 Å². The second kappa shape index (κ2) is 11.9. The zero-order valence-electron chi connectivity index (χ0n) is 16.2. The summed E-state index contributed by atoms with van der Waals surface area (Å²) < 4.78 is 0. The zero-order chi connectivity index (χ0) is 20.2. The normalized spacial score (nSPS) is 10.2. The average Bonchev–Trinajstić information content (AvgIpc) is 2.70. The number of amides is 2. The zero-order valence-corrected chi connectivity index (χ0v) is 17.0. The lowest BCUT2D eigenvalue weighted by molar-refractivity contribution is -0.119. The third kappa shape index (κ3) is 7.88. The van der Waals surface area contributed by atoms with Crippen LogP contribution in [0.2, 0.25) is 0 Å². The topological polar surface area (TPSA) is 70.2 Å². The summed E-state index contributed by atoms with van der Waals surface area (Å²) >= 11 is 5.19. The molecule has 5 nitrogen and oxygen atoms in total. The maximum absolute atomic E-state index is 12.4. The number of thiocarbonyl (C=S) groups is 1. The molecule has 2 amide bonds. The molecule has 0 saturated heterocycles. The van der Waals surface area contributed by atoms with Crippen molar-refractivity contribution in [3.63, 3.8) is 0 Å². The highest BCUT2D eigenvalue weighted by Gasteiger charge is 2.08. The smallest absolute Gasteiger partial charge is 0.251 e. The number of rotatable bonds is 9. The van der Waals surface area contributed by atoms with Crippen LogP contribution in [0.4, 0.5) is 5.69 Å². The van der Waals surface area contributed by atoms with Crippen molar-refractivity contribution in [1.82, 2.24) is 10.6 Å². The number of hydrogen-bond donors (Lipinski definition) is 3. The molecule has 0 aliphatic heterocycles. The van der Waals surface area contributed by atoms with Crippen molar-refractivity contribution >= 4 is 34.8 Å². The molecular weight excluding hydrogens is 370 g/mol. The molecular formula is C22H27N3O2S. The van der Waals surface area contributed by atoms with E-state index in [-0.39, 0.29) is 16.9 Å². The van der Waals surface area contributed by atoms with Gasteiger partial charge in [-0.15, -0.1) is 0 Å². The maximum atomic E-state index is 12.4. The van der Waals surface area contributed by atoms with Crippen molar-refractivity contribution in [3.8, 4) is 0 Å². The molecule has 6 heteroatoms. The SMILES string of the molecule is CCCCCCC(=O)NC(=S)Nc1cccc(C(=O)NCc2ccccc2)c1. The van der Waals surface area contributed by atoms with Gasteiger partial charge in [0.1, 0.15) is 0 Å². The minimum atomic E-state index is -0.168. The van der Waals surface area contributed by atoms with E-state index in [4.69, 9.17) is 12.2 Å². The molecule has 0 aromatic heterocycles. The lowest BCUT2D eigenvalue weighted by Crippen LogP contribution is -2.34. The third-order valence-corrected chi connectivity index (χ3v) is 4.39. The van der Waals surface area contributed by atoms with Crippen LogP contribution >= 0.6 is 12.2 Å². The number of unbranched alkanes of at least 4 members (excludes halogenated alkanes) is 3. The van der Waals surface area contributed by atoms with E-state index < -0.39 is 0 Å². The number of carbonyl (C=O) groups is 2. The van der Waals surface area contributed by atoms with Crippen LogP contribution < -0.4 is 16.0 Å². The molecule has 0 bridgehead atoms. The third-order valence-electron chi connectivity index (χ3n) is 4.19. The molecule has 148 valence electrons. The van der Waals surface area contributed by atoms with Gasteiger partial charge in [-0.2, -0.15) is 0 Å². The first-order valence-corrected chi connectivity index (χ1v) is 10.0. The van der Waals surface area contributed by atoms with Gasteiger partial charge in [0.05, 0.1) is 0 Å². The van der Waals surface area contributed by atoms with Crippen molar-refractivity contribution in [2.75, 3.05) is 5.32 Å². The number of nitrogens with one attached hydrogen (secondary N) is 3. The van der Waals surface area contributed by atoms with Gasteiger partial charge in [-0.25, -0.2) is 0 Å². The first-order chi connectivity index (χ1) is 13.6. The standard InChI is InChI=1S/C22H27N3O2S/c1-2-3-4-8-14-20(26)25-22(28)24-19-13-9-12-18(15-19)21(27)23-16-17-10-6-5-7-11-17/h5-7,9-13,15H,2-4,8,14,16H2,1H3,(H,23,27)(H2,24,25,26,28). The molecule has 0 atom stereocenters. The molecule has 0 unspecified atom stereocenters. The van der Waals surface area contributed by atoms with Gasteiger partial charge in [0.15, 0.2) is 5.11 Å². The maximum Gasteiger partial charge on any atom is 0.251 e. The van der Waals surface area contributed by atoms with Crippen LogP contribution in [0.5, 0.6) is 0 Å². The molecule has 2 aromatic carbocycles. The molecule has 3 N–H and O–H groups in total. The van der Waals surface area contributed by atoms with Crippen molar-refractivity contribution in [3.05, 3.63) is 65.7 Å². The van der Waals surface area contributed by atoms with Crippen LogP contribution in [0.25, 0.3) is 0 Å². The molecule has 0 aliphatic rings. The fourth-order valence-corrected chi connectivity index (χ4v) is 2.91. The van der Waals surface area contributed by atoms with Gasteiger partial charge in [-0.1, -0.05) is 62.6 Å². The predicted octanol–water partition coefficient (Wildman–Crippen LogP) is 4.40. The Kier molecular flexibility index (Phi) is 9.15. The molecule has 0 aliphatic carbocycles. The molecule has 0 saturated carbocycles. The Morgan fingerprint density at radius 3 is 2.50 bits per heavy atom. The fourth-order valence-electron chi connectivity index (χ4n) is 2.68. The molecule has 28 heavy (non-hydrogen) atoms. The Morgan fingerprint density at radius 2 is 1.75 bits per heavy atom. The second-order valence-electron chi connectivity index (χ2n) is 6.56. The van der Waals surface area contributed by atoms with Crippen molar-refractivity contribution in [1.29, 1.82) is 0 Å². The Hall–Kier alpha value is -2.73. The largest absolute Gasteiger partial charge is 0.348 e. The quantitative estimate of drug-likeness (QED) is 0.433. The minimum absolute atomic E-state index is 0.0923. The summed E-state index contributed by atoms with van der Waals surface area (Å²) in [7, 11) is 0. The summed E-state index contributed by atoms with van der Waals surface area (Å²) in [6, 6.07) is 16.7. The Bertz CT molecular complexity index is 793. The Morgan fingerprint density at radius 1 is 0.964 bits per heavy atom. The number of anilines is 1. The van der Waals surface area contributed by atoms with Gasteiger partial charge in [0.25, 0.3) is 5.91 Å². The second-order valence-corrected chi connectivity index (χ2v) is 6.97. The van der Waals surface area contributed by atoms with Crippen LogP contribution in [0, 0.1) is 0 Å². The number of hydrogen-bond acceptors (Lipinski definition) is 3. The van der Waals surface area contributed by atoms with E-state index in [9.17, 15) is 9.59 Å². The lowest BCUT2D eigenvalue weighted by atomic mass is 10.1. The summed E-state index contributed by atoms with van der Waals surface area (Å²) in [5.74, 6) is -0.260. The first kappa shape index (κ1) is 21.6. The summed E-state index contributed by atoms with van der Waals surface area (Å²) in [6.07, 6.45) is 4.64. The average molecular weight is 398 g/mol. The molecule has 2 aromatic rings. The Balaban J connectivity index is 1.82. The van der Waals surface area contributed by atoms with E-state index in [0.29, 0.717) is 24.2 Å². The van der Waals surface area contributed by atoms with E-state index in [2.05, 4.69) is 22.9 Å². The summed E-state index contributed by atoms with van der Waals surface area (Å²) in [5, 5.41) is 8.77. The van der Waals surface area contributed by atoms with E-state index in [1.165, 1.54) is 0 Å². The van der Waals surface area contributed by atoms with Crippen molar-refractivity contribution in [2.24, 2.45) is 0 Å². The predicted molar refractivity (Wildman–Crippen MR) is 117 cm³/mol. The van der Waals surface area contributed by atoms with Crippen molar-refractivity contribution < 1.29 is 9.59 Å². The van der Waals surface area contributed by atoms with Crippen LogP contribution in [0.15, 0.2) is 54.6 Å². The molecule has 0 heterocycles. The highest BCUT2D eigenvalue weighted by Crippen LogP contribution is 2.11. The highest BCUT2D eigenvalue weighted by atomic mass is 32.1. The highest BCUT2D eigenvalue weighted by molar-refractivity contribution is 7.80. The van der Waals surface area contributed by atoms with Gasteiger partial charge < -0.3 is 16.0 Å². The minimum Gasteiger partial charge on any atom is -0.348 e. The van der Waals surface area contributed by atoms with Crippen molar-refractivity contribution in [2.45, 2.75) is 45.6 Å². The van der Waals surface area contributed by atoms with Crippen LogP contribution in [0.1, 0.15) is 54.9 Å². The monoisotopic (exact) mass is 397 g/mol. The fraction of sp³-hybridized carbons (Fsp3) is 0.318. The summed E-state index contributed by atoms with van der Waals surface area (Å²) in [6.45, 7) is 2.60. The van der Waals surface area contributed by atoms with Gasteiger partial charge in [0.2, 0.25) is 5.91 Å². The molecule has 0 radical (unpaired) electrons. The summed E-state index contributed by atoms with van der Waals surface area (Å²) in [5.41, 5.74) is 2.21. The first-order valence-electron chi connectivity index (χ1n) is 9.61. The number of benzene rings is 2. The van der Waals surface area contributed by atoms with Crippen LogP contribution in [0.3, 0.4) is 0 Å². The van der Waals surface area contributed by atoms with Crippen LogP contribution in [-0.2, 0) is 11.3 Å². The van der Waals surface area contributed by atoms with Gasteiger partial charge >= 0.3 is 0 Å². The molecule has 0 fully saturated rings. The molecule has 0 spiro atoms.